The lowest BCUT2D eigenvalue weighted by Crippen LogP contribution is -1.99. The van der Waals surface area contributed by atoms with E-state index in [-0.39, 0.29) is 0 Å². The van der Waals surface area contributed by atoms with Gasteiger partial charge in [-0.25, -0.2) is 15.0 Å². The number of hydrogen-bond donors (Lipinski definition) is 2. The Morgan fingerprint density at radius 3 is 2.52 bits per heavy atom. The van der Waals surface area contributed by atoms with E-state index in [1.807, 2.05) is 18.2 Å². The van der Waals surface area contributed by atoms with Crippen LogP contribution in [0.2, 0.25) is 0 Å². The standard InChI is InChI=1S/C15H11N7O/c1-2-10(18-11(3-1)13-6-9-23-22-13)12-4-7-16-15(19-12)20-14-5-8-17-21-14/h1-9H,(H2,16,17,19,20,21). The summed E-state index contributed by atoms with van der Waals surface area (Å²) < 4.78 is 4.86. The van der Waals surface area contributed by atoms with Gasteiger partial charge >= 0.3 is 0 Å². The van der Waals surface area contributed by atoms with Gasteiger partial charge in [0.1, 0.15) is 17.8 Å². The van der Waals surface area contributed by atoms with Crippen LogP contribution in [-0.4, -0.2) is 30.3 Å². The van der Waals surface area contributed by atoms with Gasteiger partial charge in [-0.2, -0.15) is 5.10 Å². The molecule has 8 nitrogen and oxygen atoms in total. The van der Waals surface area contributed by atoms with Gasteiger partial charge in [-0.3, -0.25) is 5.10 Å². The molecule has 0 unspecified atom stereocenters. The van der Waals surface area contributed by atoms with Crippen molar-refractivity contribution >= 4 is 11.8 Å². The van der Waals surface area contributed by atoms with Crippen molar-refractivity contribution in [1.29, 1.82) is 0 Å². The van der Waals surface area contributed by atoms with Gasteiger partial charge in [-0.05, 0) is 18.2 Å². The van der Waals surface area contributed by atoms with E-state index in [4.69, 9.17) is 4.52 Å². The molecule has 112 valence electrons. The quantitative estimate of drug-likeness (QED) is 0.597. The molecule has 0 amide bonds. The topological polar surface area (TPSA) is 105 Å². The number of anilines is 2. The van der Waals surface area contributed by atoms with Crippen LogP contribution in [0.5, 0.6) is 0 Å². The number of pyridine rings is 1. The molecule has 4 aromatic rings. The Labute approximate surface area is 130 Å². The van der Waals surface area contributed by atoms with E-state index in [1.165, 1.54) is 6.26 Å². The molecule has 0 saturated heterocycles. The molecule has 4 aromatic heterocycles. The van der Waals surface area contributed by atoms with Gasteiger partial charge in [-0.15, -0.1) is 0 Å². The van der Waals surface area contributed by atoms with Crippen LogP contribution in [-0.2, 0) is 0 Å². The lowest BCUT2D eigenvalue weighted by atomic mass is 10.2. The van der Waals surface area contributed by atoms with Crippen molar-refractivity contribution in [3.05, 3.63) is 55.1 Å². The normalized spacial score (nSPS) is 10.6. The molecule has 0 aromatic carbocycles. The van der Waals surface area contributed by atoms with Gasteiger partial charge < -0.3 is 9.84 Å². The predicted octanol–water partition coefficient (Wildman–Crippen LogP) is 2.66. The van der Waals surface area contributed by atoms with Crippen LogP contribution in [0, 0.1) is 0 Å². The highest BCUT2D eigenvalue weighted by Crippen LogP contribution is 2.21. The molecule has 2 N–H and O–H groups in total. The molecule has 0 radical (unpaired) electrons. The third-order valence-electron chi connectivity index (χ3n) is 3.11. The van der Waals surface area contributed by atoms with E-state index in [9.17, 15) is 0 Å². The summed E-state index contributed by atoms with van der Waals surface area (Å²) in [6.45, 7) is 0. The molecular weight excluding hydrogens is 294 g/mol. The van der Waals surface area contributed by atoms with E-state index in [2.05, 4.69) is 35.6 Å². The lowest BCUT2D eigenvalue weighted by molar-refractivity contribution is 0.422. The van der Waals surface area contributed by atoms with Crippen molar-refractivity contribution in [3.63, 3.8) is 0 Å². The van der Waals surface area contributed by atoms with Gasteiger partial charge in [0.05, 0.1) is 23.3 Å². The summed E-state index contributed by atoms with van der Waals surface area (Å²) in [5.41, 5.74) is 2.82. The Balaban J connectivity index is 1.67. The molecule has 0 aliphatic heterocycles. The molecule has 4 rings (SSSR count). The minimum Gasteiger partial charge on any atom is -0.364 e. The number of aromatic nitrogens is 6. The number of rotatable bonds is 4. The van der Waals surface area contributed by atoms with Crippen LogP contribution >= 0.6 is 0 Å². The highest BCUT2D eigenvalue weighted by molar-refractivity contribution is 5.62. The summed E-state index contributed by atoms with van der Waals surface area (Å²) in [7, 11) is 0. The molecule has 4 heterocycles. The molecule has 0 aliphatic carbocycles. The summed E-state index contributed by atoms with van der Waals surface area (Å²) in [5, 5.41) is 13.6. The number of aromatic amines is 1. The highest BCUT2D eigenvalue weighted by Gasteiger charge is 2.08. The summed E-state index contributed by atoms with van der Waals surface area (Å²) in [6, 6.07) is 11.0. The average Bonchev–Trinajstić information content (AvgIpc) is 3.29. The summed E-state index contributed by atoms with van der Waals surface area (Å²) >= 11 is 0. The van der Waals surface area contributed by atoms with Crippen molar-refractivity contribution < 1.29 is 4.52 Å². The van der Waals surface area contributed by atoms with Gasteiger partial charge in [-0.1, -0.05) is 11.2 Å². The van der Waals surface area contributed by atoms with E-state index in [0.29, 0.717) is 23.2 Å². The fourth-order valence-corrected chi connectivity index (χ4v) is 2.07. The zero-order chi connectivity index (χ0) is 15.5. The van der Waals surface area contributed by atoms with Crippen LogP contribution in [0.1, 0.15) is 0 Å². The Kier molecular flexibility index (Phi) is 3.24. The number of nitrogens with one attached hydrogen (secondary N) is 2. The molecule has 0 bridgehead atoms. The van der Waals surface area contributed by atoms with E-state index >= 15 is 0 Å². The second-order valence-corrected chi connectivity index (χ2v) is 4.65. The Bertz CT molecular complexity index is 903. The summed E-state index contributed by atoms with van der Waals surface area (Å²) in [4.78, 5) is 13.2. The third-order valence-corrected chi connectivity index (χ3v) is 3.11. The maximum absolute atomic E-state index is 4.86. The van der Waals surface area contributed by atoms with Gasteiger partial charge in [0.2, 0.25) is 5.95 Å². The summed E-state index contributed by atoms with van der Waals surface area (Å²) in [6.07, 6.45) is 4.83. The first-order valence-corrected chi connectivity index (χ1v) is 6.86. The van der Waals surface area contributed by atoms with Crippen LogP contribution in [0.15, 0.2) is 59.6 Å². The largest absolute Gasteiger partial charge is 0.364 e. The van der Waals surface area contributed by atoms with Crippen molar-refractivity contribution in [2.45, 2.75) is 0 Å². The SMILES string of the molecule is c1cc(-c2ccon2)nc(-c2ccnc(Nc3ccn[nH]3)n2)c1. The van der Waals surface area contributed by atoms with Crippen LogP contribution < -0.4 is 5.32 Å². The van der Waals surface area contributed by atoms with Gasteiger partial charge in [0.25, 0.3) is 0 Å². The lowest BCUT2D eigenvalue weighted by Gasteiger charge is -2.05. The number of nitrogens with zero attached hydrogens (tertiary/aromatic N) is 5. The second-order valence-electron chi connectivity index (χ2n) is 4.65. The Morgan fingerprint density at radius 2 is 1.74 bits per heavy atom. The van der Waals surface area contributed by atoms with Gasteiger partial charge in [0.15, 0.2) is 0 Å². The highest BCUT2D eigenvalue weighted by atomic mass is 16.5. The molecule has 8 heteroatoms. The van der Waals surface area contributed by atoms with Crippen molar-refractivity contribution in [2.24, 2.45) is 0 Å². The number of H-pyrrole nitrogens is 1. The first-order valence-electron chi connectivity index (χ1n) is 6.86. The van der Waals surface area contributed by atoms with Gasteiger partial charge in [0, 0.05) is 18.3 Å². The van der Waals surface area contributed by atoms with Crippen molar-refractivity contribution in [3.8, 4) is 22.8 Å². The number of hydrogen-bond acceptors (Lipinski definition) is 7. The molecule has 0 fully saturated rings. The maximum Gasteiger partial charge on any atom is 0.228 e. The van der Waals surface area contributed by atoms with Crippen molar-refractivity contribution in [1.82, 2.24) is 30.3 Å². The smallest absolute Gasteiger partial charge is 0.228 e. The predicted molar refractivity (Wildman–Crippen MR) is 82.6 cm³/mol. The fourth-order valence-electron chi connectivity index (χ4n) is 2.07. The van der Waals surface area contributed by atoms with E-state index < -0.39 is 0 Å². The third kappa shape index (κ3) is 2.77. The molecule has 23 heavy (non-hydrogen) atoms. The van der Waals surface area contributed by atoms with E-state index in [0.717, 1.165) is 11.4 Å². The molecular formula is C15H11N7O. The van der Waals surface area contributed by atoms with Crippen LogP contribution in [0.25, 0.3) is 22.8 Å². The first-order chi connectivity index (χ1) is 11.4. The van der Waals surface area contributed by atoms with Crippen LogP contribution in [0.3, 0.4) is 0 Å². The first kappa shape index (κ1) is 13.1. The molecule has 0 saturated carbocycles. The van der Waals surface area contributed by atoms with E-state index in [1.54, 1.807) is 30.6 Å². The van der Waals surface area contributed by atoms with Crippen LogP contribution in [0.4, 0.5) is 11.8 Å². The fraction of sp³-hybridized carbons (Fsp3) is 0. The molecule has 0 aliphatic rings. The summed E-state index contributed by atoms with van der Waals surface area (Å²) in [5.74, 6) is 1.17. The maximum atomic E-state index is 4.86. The Morgan fingerprint density at radius 1 is 0.870 bits per heavy atom. The Hall–Kier alpha value is -3.55. The van der Waals surface area contributed by atoms with Crippen molar-refractivity contribution in [2.75, 3.05) is 5.32 Å². The molecule has 0 atom stereocenters. The minimum absolute atomic E-state index is 0.459. The zero-order valence-electron chi connectivity index (χ0n) is 11.8. The average molecular weight is 305 g/mol. The minimum atomic E-state index is 0.459. The zero-order valence-corrected chi connectivity index (χ0v) is 11.8. The second kappa shape index (κ2) is 5.68. The molecule has 0 spiro atoms. The monoisotopic (exact) mass is 305 g/mol.